The van der Waals surface area contributed by atoms with Crippen LogP contribution < -0.4 is 0 Å². The first-order valence-electron chi connectivity index (χ1n) is 8.35. The first-order valence-corrected chi connectivity index (χ1v) is 9.34. The van der Waals surface area contributed by atoms with E-state index in [-0.39, 0.29) is 17.6 Å². The van der Waals surface area contributed by atoms with E-state index < -0.39 is 6.09 Å². The Morgan fingerprint density at radius 3 is 2.67 bits per heavy atom. The molecular formula is C18H28N2O3S. The highest BCUT2D eigenvalue weighted by Crippen LogP contribution is 2.27. The Morgan fingerprint density at radius 1 is 1.42 bits per heavy atom. The normalized spacial score (nSPS) is 20.6. The molecule has 1 N–H and O–H groups in total. The van der Waals surface area contributed by atoms with Gasteiger partial charge in [0.05, 0.1) is 18.8 Å². The van der Waals surface area contributed by atoms with E-state index in [0.29, 0.717) is 25.4 Å². The van der Waals surface area contributed by atoms with Crippen molar-refractivity contribution in [1.82, 2.24) is 10.0 Å². The van der Waals surface area contributed by atoms with Crippen LogP contribution in [0.5, 0.6) is 0 Å². The van der Waals surface area contributed by atoms with Crippen molar-refractivity contribution >= 4 is 17.9 Å². The lowest BCUT2D eigenvalue weighted by Crippen LogP contribution is -2.59. The van der Waals surface area contributed by atoms with Crippen LogP contribution in [0, 0.1) is 5.41 Å². The smallest absolute Gasteiger partial charge is 0.422 e. The van der Waals surface area contributed by atoms with Gasteiger partial charge in [-0.3, -0.25) is 0 Å². The van der Waals surface area contributed by atoms with Gasteiger partial charge in [-0.2, -0.15) is 0 Å². The van der Waals surface area contributed by atoms with Gasteiger partial charge in [0.25, 0.3) is 0 Å². The van der Waals surface area contributed by atoms with E-state index in [0.717, 1.165) is 4.90 Å². The van der Waals surface area contributed by atoms with Crippen LogP contribution >= 0.6 is 11.8 Å². The maximum Gasteiger partial charge on any atom is 0.422 e. The molecule has 24 heavy (non-hydrogen) atoms. The Labute approximate surface area is 148 Å². The first kappa shape index (κ1) is 19.1. The average Bonchev–Trinajstić information content (AvgIpc) is 2.53. The molecule has 0 radical (unpaired) electrons. The SMILES string of the molecule is CC(CSc1ccccc1)N(C(=O)O)N1CCOC(C(C)(C)C)C1. The summed E-state index contributed by atoms with van der Waals surface area (Å²) < 4.78 is 5.85. The number of carbonyl (C=O) groups is 1. The van der Waals surface area contributed by atoms with Crippen molar-refractivity contribution in [2.75, 3.05) is 25.4 Å². The van der Waals surface area contributed by atoms with Gasteiger partial charge < -0.3 is 9.84 Å². The quantitative estimate of drug-likeness (QED) is 0.817. The summed E-state index contributed by atoms with van der Waals surface area (Å²) >= 11 is 1.68. The summed E-state index contributed by atoms with van der Waals surface area (Å²) in [6, 6.07) is 9.97. The molecule has 0 spiro atoms. The zero-order valence-corrected chi connectivity index (χ0v) is 15.8. The first-order chi connectivity index (χ1) is 11.3. The minimum atomic E-state index is -0.897. The van der Waals surface area contributed by atoms with Gasteiger partial charge >= 0.3 is 6.09 Å². The number of morpholine rings is 1. The van der Waals surface area contributed by atoms with Crippen molar-refractivity contribution in [3.8, 4) is 0 Å². The predicted molar refractivity (Wildman–Crippen MR) is 97.3 cm³/mol. The lowest BCUT2D eigenvalue weighted by Gasteiger charge is -2.44. The fourth-order valence-electron chi connectivity index (χ4n) is 2.75. The molecular weight excluding hydrogens is 324 g/mol. The summed E-state index contributed by atoms with van der Waals surface area (Å²) in [6.45, 7) is 10.1. The van der Waals surface area contributed by atoms with E-state index in [2.05, 4.69) is 20.8 Å². The summed E-state index contributed by atoms with van der Waals surface area (Å²) in [7, 11) is 0. The lowest BCUT2D eigenvalue weighted by molar-refractivity contribution is -0.144. The lowest BCUT2D eigenvalue weighted by atomic mass is 9.88. The monoisotopic (exact) mass is 352 g/mol. The second kappa shape index (κ2) is 8.23. The van der Waals surface area contributed by atoms with Crippen molar-refractivity contribution in [2.24, 2.45) is 5.41 Å². The largest absolute Gasteiger partial charge is 0.464 e. The summed E-state index contributed by atoms with van der Waals surface area (Å²) in [6.07, 6.45) is -0.868. The van der Waals surface area contributed by atoms with Gasteiger partial charge in [-0.25, -0.2) is 14.8 Å². The Bertz CT molecular complexity index is 533. The van der Waals surface area contributed by atoms with Crippen molar-refractivity contribution in [2.45, 2.75) is 44.7 Å². The molecule has 1 aliphatic heterocycles. The number of carboxylic acid groups (broad SMARTS) is 1. The van der Waals surface area contributed by atoms with E-state index >= 15 is 0 Å². The minimum Gasteiger partial charge on any atom is -0.464 e. The molecule has 134 valence electrons. The summed E-state index contributed by atoms with van der Waals surface area (Å²) in [4.78, 5) is 13.0. The Balaban J connectivity index is 2.01. The molecule has 1 amide bonds. The molecule has 0 aromatic heterocycles. The van der Waals surface area contributed by atoms with E-state index in [1.165, 1.54) is 5.01 Å². The number of hydrazine groups is 1. The number of benzene rings is 1. The number of hydrogen-bond acceptors (Lipinski definition) is 4. The third-order valence-corrected chi connectivity index (χ3v) is 5.42. The third-order valence-electron chi connectivity index (χ3n) is 4.16. The second-order valence-corrected chi connectivity index (χ2v) is 8.33. The Kier molecular flexibility index (Phi) is 6.54. The van der Waals surface area contributed by atoms with E-state index in [1.54, 1.807) is 11.8 Å². The highest BCUT2D eigenvalue weighted by molar-refractivity contribution is 7.99. The third kappa shape index (κ3) is 5.13. The molecule has 0 bridgehead atoms. The molecule has 6 heteroatoms. The van der Waals surface area contributed by atoms with Crippen LogP contribution in [0.3, 0.4) is 0 Å². The topological polar surface area (TPSA) is 53.0 Å². The standard InChI is InChI=1S/C18H28N2O3S/c1-14(13-24-15-8-6-5-7-9-15)20(17(21)22)19-10-11-23-16(12-19)18(2,3)4/h5-9,14,16H,10-13H2,1-4H3,(H,21,22). The molecule has 2 unspecified atom stereocenters. The fourth-order valence-corrected chi connectivity index (χ4v) is 3.67. The molecule has 1 aromatic rings. The van der Waals surface area contributed by atoms with Gasteiger partial charge in [-0.1, -0.05) is 39.0 Å². The van der Waals surface area contributed by atoms with Gasteiger partial charge in [0.15, 0.2) is 0 Å². The number of amides is 1. The number of ether oxygens (including phenoxy) is 1. The van der Waals surface area contributed by atoms with E-state index in [9.17, 15) is 9.90 Å². The Morgan fingerprint density at radius 2 is 2.08 bits per heavy atom. The van der Waals surface area contributed by atoms with Gasteiger partial charge in [-0.15, -0.1) is 11.8 Å². The van der Waals surface area contributed by atoms with Crippen molar-refractivity contribution < 1.29 is 14.6 Å². The van der Waals surface area contributed by atoms with Crippen LogP contribution in [0.4, 0.5) is 4.79 Å². The molecule has 1 heterocycles. The highest BCUT2D eigenvalue weighted by atomic mass is 32.2. The number of thioether (sulfide) groups is 1. The zero-order valence-electron chi connectivity index (χ0n) is 14.9. The van der Waals surface area contributed by atoms with Crippen LogP contribution in [0.2, 0.25) is 0 Å². The molecule has 1 aromatic carbocycles. The highest BCUT2D eigenvalue weighted by Gasteiger charge is 2.36. The second-order valence-electron chi connectivity index (χ2n) is 7.24. The summed E-state index contributed by atoms with van der Waals surface area (Å²) in [5, 5.41) is 13.1. The molecule has 1 fully saturated rings. The molecule has 2 atom stereocenters. The summed E-state index contributed by atoms with van der Waals surface area (Å²) in [5.74, 6) is 0.716. The maximum absolute atomic E-state index is 11.8. The number of nitrogens with zero attached hydrogens (tertiary/aromatic N) is 2. The van der Waals surface area contributed by atoms with Gasteiger partial charge in [0.2, 0.25) is 0 Å². The maximum atomic E-state index is 11.8. The van der Waals surface area contributed by atoms with Crippen molar-refractivity contribution in [3.05, 3.63) is 30.3 Å². The number of hydrogen-bond donors (Lipinski definition) is 1. The van der Waals surface area contributed by atoms with Crippen molar-refractivity contribution in [3.63, 3.8) is 0 Å². The molecule has 0 saturated carbocycles. The zero-order chi connectivity index (χ0) is 17.7. The van der Waals surface area contributed by atoms with Crippen LogP contribution in [-0.2, 0) is 4.74 Å². The molecule has 0 aliphatic carbocycles. The van der Waals surface area contributed by atoms with Crippen molar-refractivity contribution in [1.29, 1.82) is 0 Å². The van der Waals surface area contributed by atoms with Crippen LogP contribution in [0.15, 0.2) is 35.2 Å². The molecule has 2 rings (SSSR count). The molecule has 1 saturated heterocycles. The van der Waals surface area contributed by atoms with Crippen LogP contribution in [-0.4, -0.2) is 58.8 Å². The van der Waals surface area contributed by atoms with E-state index in [1.807, 2.05) is 42.3 Å². The Hall–Kier alpha value is -1.24. The number of rotatable bonds is 5. The molecule has 1 aliphatic rings. The van der Waals surface area contributed by atoms with Gasteiger partial charge in [0.1, 0.15) is 0 Å². The average molecular weight is 353 g/mol. The minimum absolute atomic E-state index is 0.00906. The molecule has 5 nitrogen and oxygen atoms in total. The predicted octanol–water partition coefficient (Wildman–Crippen LogP) is 3.81. The summed E-state index contributed by atoms with van der Waals surface area (Å²) in [5.41, 5.74) is -0.00906. The van der Waals surface area contributed by atoms with Gasteiger partial charge in [0, 0.05) is 23.7 Å². The van der Waals surface area contributed by atoms with Crippen LogP contribution in [0.1, 0.15) is 27.7 Å². The fraction of sp³-hybridized carbons (Fsp3) is 0.611. The van der Waals surface area contributed by atoms with Gasteiger partial charge in [-0.05, 0) is 24.5 Å². The van der Waals surface area contributed by atoms with E-state index in [4.69, 9.17) is 4.74 Å². The van der Waals surface area contributed by atoms with Crippen LogP contribution in [0.25, 0.3) is 0 Å².